The molecular weight excluding hydrogens is 386 g/mol. The third kappa shape index (κ3) is 5.50. The standard InChI is InChI=1S/C23H30ClN3O2/c1-25-22(26-15-19(16-28)18-7-3-2-4-8-18)27-17-23(11-13-29-14-12-23)20-9-5-6-10-21(20)24/h2-10,19,28H,11-17H2,1H3,(H2,25,26,27). The van der Waals surface area contributed by atoms with E-state index >= 15 is 0 Å². The second kappa shape index (κ2) is 10.6. The third-order valence-electron chi connectivity index (χ3n) is 5.72. The van der Waals surface area contributed by atoms with Gasteiger partial charge < -0.3 is 20.5 Å². The van der Waals surface area contributed by atoms with Gasteiger partial charge in [-0.3, -0.25) is 4.99 Å². The third-order valence-corrected chi connectivity index (χ3v) is 6.05. The van der Waals surface area contributed by atoms with Crippen molar-refractivity contribution in [2.24, 2.45) is 4.99 Å². The van der Waals surface area contributed by atoms with E-state index in [1.807, 2.05) is 48.5 Å². The Kier molecular flexibility index (Phi) is 7.92. The van der Waals surface area contributed by atoms with Gasteiger partial charge in [0.25, 0.3) is 0 Å². The molecule has 1 fully saturated rings. The Hall–Kier alpha value is -2.08. The summed E-state index contributed by atoms with van der Waals surface area (Å²) in [6.07, 6.45) is 1.81. The molecule has 0 amide bonds. The summed E-state index contributed by atoms with van der Waals surface area (Å²) in [6.45, 7) is 2.84. The van der Waals surface area contributed by atoms with Crippen molar-refractivity contribution < 1.29 is 9.84 Å². The predicted octanol–water partition coefficient (Wildman–Crippen LogP) is 3.33. The summed E-state index contributed by atoms with van der Waals surface area (Å²) >= 11 is 6.54. The number of guanidine groups is 1. The molecule has 5 nitrogen and oxygen atoms in total. The van der Waals surface area contributed by atoms with Gasteiger partial charge in [-0.2, -0.15) is 0 Å². The summed E-state index contributed by atoms with van der Waals surface area (Å²) in [5.74, 6) is 0.729. The lowest BCUT2D eigenvalue weighted by molar-refractivity contribution is 0.0514. The van der Waals surface area contributed by atoms with Crippen molar-refractivity contribution in [1.82, 2.24) is 10.6 Å². The fourth-order valence-electron chi connectivity index (χ4n) is 3.90. The minimum atomic E-state index is -0.0932. The van der Waals surface area contributed by atoms with Crippen LogP contribution in [0.5, 0.6) is 0 Å². The Balaban J connectivity index is 1.66. The Labute approximate surface area is 178 Å². The minimum Gasteiger partial charge on any atom is -0.396 e. The summed E-state index contributed by atoms with van der Waals surface area (Å²) in [7, 11) is 1.76. The van der Waals surface area contributed by atoms with E-state index in [2.05, 4.69) is 21.7 Å². The molecule has 1 saturated heterocycles. The molecule has 0 spiro atoms. The average Bonchev–Trinajstić information content (AvgIpc) is 2.78. The van der Waals surface area contributed by atoms with Crippen LogP contribution < -0.4 is 10.6 Å². The zero-order chi connectivity index (χ0) is 20.5. The molecule has 1 unspecified atom stereocenters. The van der Waals surface area contributed by atoms with Gasteiger partial charge in [-0.15, -0.1) is 0 Å². The second-order valence-corrected chi connectivity index (χ2v) is 7.88. The molecule has 29 heavy (non-hydrogen) atoms. The number of nitrogens with zero attached hydrogens (tertiary/aromatic N) is 1. The van der Waals surface area contributed by atoms with Gasteiger partial charge in [0, 0.05) is 49.7 Å². The summed E-state index contributed by atoms with van der Waals surface area (Å²) < 4.78 is 5.62. The van der Waals surface area contributed by atoms with Gasteiger partial charge in [0.05, 0.1) is 6.61 Å². The van der Waals surface area contributed by atoms with E-state index < -0.39 is 0 Å². The molecule has 1 aliphatic rings. The fourth-order valence-corrected chi connectivity index (χ4v) is 4.24. The molecule has 3 N–H and O–H groups in total. The van der Waals surface area contributed by atoms with Crippen molar-refractivity contribution in [2.75, 3.05) is 40.0 Å². The number of benzene rings is 2. The largest absolute Gasteiger partial charge is 0.396 e. The zero-order valence-corrected chi connectivity index (χ0v) is 17.7. The first-order valence-corrected chi connectivity index (χ1v) is 10.5. The molecule has 156 valence electrons. The molecule has 3 rings (SSSR count). The maximum absolute atomic E-state index is 9.79. The van der Waals surface area contributed by atoms with Crippen molar-refractivity contribution in [3.8, 4) is 0 Å². The van der Waals surface area contributed by atoms with Crippen LogP contribution in [0.15, 0.2) is 59.6 Å². The summed E-state index contributed by atoms with van der Waals surface area (Å²) in [5.41, 5.74) is 2.17. The van der Waals surface area contributed by atoms with Crippen molar-refractivity contribution >= 4 is 17.6 Å². The Morgan fingerprint density at radius 1 is 1.10 bits per heavy atom. The number of ether oxygens (including phenoxy) is 1. The normalized spacial score (nSPS) is 17.6. The number of hydrogen-bond acceptors (Lipinski definition) is 3. The van der Waals surface area contributed by atoms with Crippen LogP contribution in [-0.2, 0) is 10.2 Å². The van der Waals surface area contributed by atoms with Crippen LogP contribution >= 0.6 is 11.6 Å². The molecule has 2 aromatic rings. The van der Waals surface area contributed by atoms with Crippen LogP contribution in [0.1, 0.15) is 29.9 Å². The quantitative estimate of drug-likeness (QED) is 0.479. The molecule has 0 saturated carbocycles. The van der Waals surface area contributed by atoms with E-state index in [0.29, 0.717) is 6.54 Å². The Morgan fingerprint density at radius 3 is 2.45 bits per heavy atom. The van der Waals surface area contributed by atoms with E-state index in [9.17, 15) is 5.11 Å². The summed E-state index contributed by atoms with van der Waals surface area (Å²) in [6, 6.07) is 18.1. The maximum Gasteiger partial charge on any atom is 0.191 e. The Morgan fingerprint density at radius 2 is 1.79 bits per heavy atom. The zero-order valence-electron chi connectivity index (χ0n) is 16.9. The lowest BCUT2D eigenvalue weighted by Gasteiger charge is -2.38. The predicted molar refractivity (Wildman–Crippen MR) is 119 cm³/mol. The average molecular weight is 416 g/mol. The first kappa shape index (κ1) is 21.6. The van der Waals surface area contributed by atoms with Crippen molar-refractivity contribution in [2.45, 2.75) is 24.2 Å². The highest BCUT2D eigenvalue weighted by atomic mass is 35.5. The highest BCUT2D eigenvalue weighted by Crippen LogP contribution is 2.38. The molecule has 1 aliphatic heterocycles. The molecule has 0 bridgehead atoms. The molecular formula is C23H30ClN3O2. The van der Waals surface area contributed by atoms with Crippen LogP contribution in [0, 0.1) is 0 Å². The van der Waals surface area contributed by atoms with Gasteiger partial charge in [-0.05, 0) is 30.0 Å². The van der Waals surface area contributed by atoms with Crippen LogP contribution in [0.25, 0.3) is 0 Å². The van der Waals surface area contributed by atoms with Gasteiger partial charge in [0.15, 0.2) is 5.96 Å². The van der Waals surface area contributed by atoms with Gasteiger partial charge >= 0.3 is 0 Å². The number of nitrogens with one attached hydrogen (secondary N) is 2. The second-order valence-electron chi connectivity index (χ2n) is 7.47. The number of aliphatic hydroxyl groups is 1. The highest BCUT2D eigenvalue weighted by molar-refractivity contribution is 6.31. The SMILES string of the molecule is CN=C(NCC(CO)c1ccccc1)NCC1(c2ccccc2Cl)CCOCC1. The number of hydrogen-bond donors (Lipinski definition) is 3. The number of rotatable bonds is 7. The van der Waals surface area contributed by atoms with Gasteiger partial charge in [-0.25, -0.2) is 0 Å². The topological polar surface area (TPSA) is 65.9 Å². The minimum absolute atomic E-state index is 0.00959. The summed E-state index contributed by atoms with van der Waals surface area (Å²) in [5, 5.41) is 17.4. The fraction of sp³-hybridized carbons (Fsp3) is 0.435. The van der Waals surface area contributed by atoms with Crippen LogP contribution in [0.4, 0.5) is 0 Å². The first-order valence-electron chi connectivity index (χ1n) is 10.1. The molecule has 0 aromatic heterocycles. The van der Waals surface area contributed by atoms with Gasteiger partial charge in [-0.1, -0.05) is 60.1 Å². The highest BCUT2D eigenvalue weighted by Gasteiger charge is 2.36. The molecule has 0 radical (unpaired) electrons. The lowest BCUT2D eigenvalue weighted by Crippen LogP contribution is -2.48. The van der Waals surface area contributed by atoms with Crippen LogP contribution in [-0.4, -0.2) is 51.0 Å². The van der Waals surface area contributed by atoms with Crippen molar-refractivity contribution in [1.29, 1.82) is 0 Å². The summed E-state index contributed by atoms with van der Waals surface area (Å²) in [4.78, 5) is 4.37. The smallest absolute Gasteiger partial charge is 0.191 e. The monoisotopic (exact) mass is 415 g/mol. The molecule has 2 aromatic carbocycles. The van der Waals surface area contributed by atoms with Crippen LogP contribution in [0.3, 0.4) is 0 Å². The van der Waals surface area contributed by atoms with Crippen LogP contribution in [0.2, 0.25) is 5.02 Å². The number of aliphatic hydroxyl groups excluding tert-OH is 1. The lowest BCUT2D eigenvalue weighted by atomic mass is 9.74. The van der Waals surface area contributed by atoms with E-state index in [0.717, 1.165) is 54.7 Å². The molecule has 0 aliphatic carbocycles. The van der Waals surface area contributed by atoms with Crippen molar-refractivity contribution in [3.63, 3.8) is 0 Å². The number of aliphatic imine (C=N–C) groups is 1. The first-order chi connectivity index (χ1) is 14.2. The van der Waals surface area contributed by atoms with E-state index in [-0.39, 0.29) is 17.9 Å². The van der Waals surface area contributed by atoms with E-state index in [1.165, 1.54) is 0 Å². The molecule has 1 atom stereocenters. The molecule has 1 heterocycles. The van der Waals surface area contributed by atoms with Crippen molar-refractivity contribution in [3.05, 3.63) is 70.7 Å². The van der Waals surface area contributed by atoms with Gasteiger partial charge in [0.1, 0.15) is 0 Å². The number of halogens is 1. The molecule has 6 heteroatoms. The Bertz CT molecular complexity index is 792. The van der Waals surface area contributed by atoms with E-state index in [1.54, 1.807) is 7.05 Å². The van der Waals surface area contributed by atoms with E-state index in [4.69, 9.17) is 16.3 Å². The maximum atomic E-state index is 9.79. The van der Waals surface area contributed by atoms with Gasteiger partial charge in [0.2, 0.25) is 0 Å².